The summed E-state index contributed by atoms with van der Waals surface area (Å²) in [4.78, 5) is 1.18. The van der Waals surface area contributed by atoms with Crippen LogP contribution in [0, 0.1) is 17.0 Å². The van der Waals surface area contributed by atoms with Gasteiger partial charge in [-0.05, 0) is 68.4 Å². The summed E-state index contributed by atoms with van der Waals surface area (Å²) < 4.78 is 33.2. The summed E-state index contributed by atoms with van der Waals surface area (Å²) in [5, 5.41) is 29.0. The molecule has 0 saturated heterocycles. The molecule has 1 aromatic heterocycles. The first-order chi connectivity index (χ1) is 16.2. The van der Waals surface area contributed by atoms with Gasteiger partial charge in [-0.3, -0.25) is 0 Å². The van der Waals surface area contributed by atoms with Crippen molar-refractivity contribution in [2.45, 2.75) is 58.2 Å². The quantitative estimate of drug-likeness (QED) is 0.520. The summed E-state index contributed by atoms with van der Waals surface area (Å²) in [6.45, 7) is 7.38. The van der Waals surface area contributed by atoms with Gasteiger partial charge < -0.3 is 15.2 Å². The standard InChI is InChI=1S/C24H30F2N6O2/c1-24(2,3)13-15-4-5-23-19(10-15)20(6-7-34-23)27-14-22(33)21(32-30-28-29-31-32)11-16-8-17(25)12-18(26)9-16/h4-5,8-10,12,20-22,27,33H,6-7,11,13-14H2,1-3H3. The Balaban J connectivity index is 1.49. The number of nitrogens with one attached hydrogen (secondary N) is 1. The van der Waals surface area contributed by atoms with Crippen LogP contribution in [-0.2, 0) is 12.8 Å². The molecule has 0 radical (unpaired) electrons. The molecular weight excluding hydrogens is 442 g/mol. The average Bonchev–Trinajstić information content (AvgIpc) is 3.28. The third-order valence-electron chi connectivity index (χ3n) is 5.83. The van der Waals surface area contributed by atoms with Crippen molar-refractivity contribution >= 4 is 0 Å². The van der Waals surface area contributed by atoms with Crippen molar-refractivity contribution in [1.82, 2.24) is 31.0 Å². The van der Waals surface area contributed by atoms with E-state index in [0.29, 0.717) is 12.2 Å². The molecule has 34 heavy (non-hydrogen) atoms. The molecule has 0 amide bonds. The lowest BCUT2D eigenvalue weighted by Crippen LogP contribution is -2.39. The molecule has 10 heteroatoms. The van der Waals surface area contributed by atoms with Crippen molar-refractivity contribution in [1.29, 1.82) is 0 Å². The first kappa shape index (κ1) is 24.2. The van der Waals surface area contributed by atoms with Gasteiger partial charge in [0.15, 0.2) is 0 Å². The van der Waals surface area contributed by atoms with Gasteiger partial charge in [0, 0.05) is 30.6 Å². The molecular formula is C24H30F2N6O2. The predicted octanol–water partition coefficient (Wildman–Crippen LogP) is 3.19. The molecule has 0 aliphatic carbocycles. The van der Waals surface area contributed by atoms with Gasteiger partial charge in [0.2, 0.25) is 0 Å². The van der Waals surface area contributed by atoms with E-state index < -0.39 is 23.8 Å². The van der Waals surface area contributed by atoms with Crippen molar-refractivity contribution < 1.29 is 18.6 Å². The lowest BCUT2D eigenvalue weighted by molar-refractivity contribution is 0.0894. The zero-order valence-electron chi connectivity index (χ0n) is 19.6. The monoisotopic (exact) mass is 472 g/mol. The Morgan fingerprint density at radius 3 is 2.47 bits per heavy atom. The molecule has 3 atom stereocenters. The Hall–Kier alpha value is -2.98. The van der Waals surface area contributed by atoms with Crippen LogP contribution in [0.5, 0.6) is 5.75 Å². The number of halogens is 2. The van der Waals surface area contributed by atoms with Gasteiger partial charge in [-0.15, -0.1) is 4.80 Å². The summed E-state index contributed by atoms with van der Waals surface area (Å²) in [7, 11) is 0. The minimum atomic E-state index is -0.966. The largest absolute Gasteiger partial charge is 0.493 e. The van der Waals surface area contributed by atoms with Gasteiger partial charge in [0.1, 0.15) is 23.4 Å². The Labute approximate surface area is 197 Å². The smallest absolute Gasteiger partial charge is 0.126 e. The second-order valence-electron chi connectivity index (χ2n) is 10.0. The molecule has 2 heterocycles. The van der Waals surface area contributed by atoms with E-state index in [9.17, 15) is 13.9 Å². The van der Waals surface area contributed by atoms with Crippen molar-refractivity contribution in [3.8, 4) is 5.75 Å². The van der Waals surface area contributed by atoms with Crippen LogP contribution < -0.4 is 10.1 Å². The second-order valence-corrected chi connectivity index (χ2v) is 10.0. The summed E-state index contributed by atoms with van der Waals surface area (Å²) >= 11 is 0. The van der Waals surface area contributed by atoms with E-state index >= 15 is 0 Å². The minimum absolute atomic E-state index is 0.00702. The fraction of sp³-hybridized carbons (Fsp3) is 0.500. The van der Waals surface area contributed by atoms with Crippen molar-refractivity contribution in [3.63, 3.8) is 0 Å². The molecule has 3 unspecified atom stereocenters. The first-order valence-electron chi connectivity index (χ1n) is 11.4. The molecule has 1 aliphatic heterocycles. The number of aliphatic hydroxyl groups excluding tert-OH is 1. The molecule has 0 spiro atoms. The Kier molecular flexibility index (Phi) is 7.18. The van der Waals surface area contributed by atoms with E-state index in [0.717, 1.165) is 30.2 Å². The molecule has 182 valence electrons. The maximum absolute atomic E-state index is 13.7. The molecule has 3 aromatic rings. The molecule has 0 saturated carbocycles. The summed E-state index contributed by atoms with van der Waals surface area (Å²) in [5.41, 5.74) is 2.82. The Morgan fingerprint density at radius 2 is 1.79 bits per heavy atom. The molecule has 1 aliphatic rings. The van der Waals surface area contributed by atoms with Crippen LogP contribution in [0.2, 0.25) is 0 Å². The van der Waals surface area contributed by atoms with Gasteiger partial charge in [-0.25, -0.2) is 8.78 Å². The zero-order chi connectivity index (χ0) is 24.3. The van der Waals surface area contributed by atoms with Crippen LogP contribution in [0.4, 0.5) is 8.78 Å². The number of hydrogen-bond donors (Lipinski definition) is 2. The Bertz CT molecular complexity index is 1080. The van der Waals surface area contributed by atoms with E-state index in [2.05, 4.69) is 59.1 Å². The maximum Gasteiger partial charge on any atom is 0.126 e. The number of hydrogen-bond acceptors (Lipinski definition) is 7. The van der Waals surface area contributed by atoms with Crippen molar-refractivity contribution in [2.24, 2.45) is 5.41 Å². The number of aliphatic hydroxyl groups is 1. The fourth-order valence-electron chi connectivity index (χ4n) is 4.39. The summed E-state index contributed by atoms with van der Waals surface area (Å²) in [5.74, 6) is -0.531. The fourth-order valence-corrected chi connectivity index (χ4v) is 4.39. The summed E-state index contributed by atoms with van der Waals surface area (Å²) in [6.07, 6.45) is 0.829. The van der Waals surface area contributed by atoms with Crippen molar-refractivity contribution in [3.05, 3.63) is 64.7 Å². The number of fused-ring (bicyclic) bond motifs is 1. The van der Waals surface area contributed by atoms with E-state index in [4.69, 9.17) is 4.74 Å². The van der Waals surface area contributed by atoms with E-state index in [1.54, 1.807) is 0 Å². The maximum atomic E-state index is 13.7. The highest BCUT2D eigenvalue weighted by Crippen LogP contribution is 2.34. The van der Waals surface area contributed by atoms with Gasteiger partial charge in [-0.2, -0.15) is 0 Å². The predicted molar refractivity (Wildman–Crippen MR) is 121 cm³/mol. The molecule has 0 bridgehead atoms. The van der Waals surface area contributed by atoms with Gasteiger partial charge in [-0.1, -0.05) is 32.9 Å². The third-order valence-corrected chi connectivity index (χ3v) is 5.83. The van der Waals surface area contributed by atoms with E-state index in [-0.39, 0.29) is 24.4 Å². The van der Waals surface area contributed by atoms with Crippen LogP contribution >= 0.6 is 0 Å². The second kappa shape index (κ2) is 10.1. The highest BCUT2D eigenvalue weighted by molar-refractivity contribution is 5.41. The van der Waals surface area contributed by atoms with Crippen LogP contribution in [0.25, 0.3) is 0 Å². The number of ether oxygens (including phenoxy) is 1. The zero-order valence-corrected chi connectivity index (χ0v) is 19.6. The number of aromatic nitrogens is 5. The normalized spacial score (nSPS) is 17.6. The van der Waals surface area contributed by atoms with Crippen LogP contribution in [0.1, 0.15) is 56.0 Å². The molecule has 2 N–H and O–H groups in total. The first-order valence-corrected chi connectivity index (χ1v) is 11.4. The van der Waals surface area contributed by atoms with E-state index in [1.165, 1.54) is 22.5 Å². The average molecular weight is 473 g/mol. The highest BCUT2D eigenvalue weighted by Gasteiger charge is 2.28. The highest BCUT2D eigenvalue weighted by atomic mass is 19.1. The van der Waals surface area contributed by atoms with E-state index in [1.807, 2.05) is 6.07 Å². The molecule has 4 rings (SSSR count). The molecule has 8 nitrogen and oxygen atoms in total. The number of nitrogens with zero attached hydrogens (tertiary/aromatic N) is 5. The van der Waals surface area contributed by atoms with Crippen molar-refractivity contribution in [2.75, 3.05) is 13.2 Å². The lowest BCUT2D eigenvalue weighted by Gasteiger charge is -2.30. The SMILES string of the molecule is CC(C)(C)Cc1ccc2c(c1)C(NCC(O)C(Cc1cc(F)cc(F)c1)n1nnnn1)CCO2. The van der Waals surface area contributed by atoms with Gasteiger partial charge in [0.25, 0.3) is 0 Å². The third kappa shape index (κ3) is 6.12. The molecule has 0 fully saturated rings. The lowest BCUT2D eigenvalue weighted by atomic mass is 9.86. The summed E-state index contributed by atoms with van der Waals surface area (Å²) in [6, 6.07) is 8.81. The molecule has 2 aromatic carbocycles. The van der Waals surface area contributed by atoms with Gasteiger partial charge in [0.05, 0.1) is 12.7 Å². The van der Waals surface area contributed by atoms with Crippen LogP contribution in [-0.4, -0.2) is 50.0 Å². The van der Waals surface area contributed by atoms with Crippen LogP contribution in [0.15, 0.2) is 36.4 Å². The number of rotatable bonds is 8. The number of benzene rings is 2. The van der Waals surface area contributed by atoms with Gasteiger partial charge >= 0.3 is 0 Å². The Morgan fingerprint density at radius 1 is 1.09 bits per heavy atom. The minimum Gasteiger partial charge on any atom is -0.493 e. The van der Waals surface area contributed by atoms with Crippen LogP contribution in [0.3, 0.4) is 0 Å². The topological polar surface area (TPSA) is 98.0 Å².